The molecule has 0 aliphatic heterocycles. The Kier molecular flexibility index (Phi) is 8.46. The molecule has 0 saturated carbocycles. The minimum atomic E-state index is -0.477. The van der Waals surface area contributed by atoms with Gasteiger partial charge in [0.25, 0.3) is 0 Å². The van der Waals surface area contributed by atoms with Gasteiger partial charge in [-0.2, -0.15) is 0 Å². The van der Waals surface area contributed by atoms with E-state index >= 15 is 0 Å². The van der Waals surface area contributed by atoms with Crippen molar-refractivity contribution in [2.45, 2.75) is 32.3 Å². The predicted molar refractivity (Wildman–Crippen MR) is 80.9 cm³/mol. The van der Waals surface area contributed by atoms with Crippen LogP contribution in [-0.4, -0.2) is 43.1 Å². The maximum absolute atomic E-state index is 10.1. The van der Waals surface area contributed by atoms with Gasteiger partial charge in [-0.1, -0.05) is 38.1 Å². The first-order valence-electron chi connectivity index (χ1n) is 7.32. The molecule has 0 radical (unpaired) electrons. The zero-order valence-electron chi connectivity index (χ0n) is 12.5. The van der Waals surface area contributed by atoms with Crippen molar-refractivity contribution in [2.24, 2.45) is 0 Å². The molecule has 4 heteroatoms. The smallest absolute Gasteiger partial charge is 0.0914 e. The Bertz CT molecular complexity index is 351. The summed E-state index contributed by atoms with van der Waals surface area (Å²) >= 11 is 0. The second kappa shape index (κ2) is 9.88. The van der Waals surface area contributed by atoms with E-state index < -0.39 is 6.10 Å². The van der Waals surface area contributed by atoms with Crippen LogP contribution in [0.15, 0.2) is 24.3 Å². The summed E-state index contributed by atoms with van der Waals surface area (Å²) in [5, 5.41) is 21.8. The molecule has 1 aromatic carbocycles. The zero-order chi connectivity index (χ0) is 14.8. The number of nitrogens with one attached hydrogen (secondary N) is 1. The van der Waals surface area contributed by atoms with Crippen LogP contribution in [0.25, 0.3) is 0 Å². The molecule has 114 valence electrons. The molecule has 1 atom stereocenters. The number of hydrogen-bond donors (Lipinski definition) is 3. The predicted octanol–water partition coefficient (Wildman–Crippen LogP) is 1.83. The van der Waals surface area contributed by atoms with Crippen LogP contribution in [0.2, 0.25) is 0 Å². The maximum atomic E-state index is 10.1. The van der Waals surface area contributed by atoms with E-state index in [0.29, 0.717) is 25.7 Å². The van der Waals surface area contributed by atoms with Gasteiger partial charge in [0.2, 0.25) is 0 Å². The Morgan fingerprint density at radius 3 is 2.35 bits per heavy atom. The molecule has 0 aliphatic rings. The number of benzene rings is 1. The van der Waals surface area contributed by atoms with Crippen LogP contribution in [0.3, 0.4) is 0 Å². The molecule has 0 fully saturated rings. The monoisotopic (exact) mass is 281 g/mol. The minimum Gasteiger partial charge on any atom is -0.394 e. The van der Waals surface area contributed by atoms with E-state index in [9.17, 15) is 5.11 Å². The summed E-state index contributed by atoms with van der Waals surface area (Å²) in [4.78, 5) is 0. The summed E-state index contributed by atoms with van der Waals surface area (Å²) in [7, 11) is 0. The first kappa shape index (κ1) is 17.1. The van der Waals surface area contributed by atoms with Gasteiger partial charge in [0.05, 0.1) is 19.3 Å². The second-order valence-electron chi connectivity index (χ2n) is 5.23. The lowest BCUT2D eigenvalue weighted by Crippen LogP contribution is -2.23. The second-order valence-corrected chi connectivity index (χ2v) is 5.23. The van der Waals surface area contributed by atoms with Gasteiger partial charge in [-0.3, -0.25) is 0 Å². The summed E-state index contributed by atoms with van der Waals surface area (Å²) in [6, 6.07) is 8.13. The molecule has 0 aromatic heterocycles. The van der Waals surface area contributed by atoms with E-state index in [1.165, 1.54) is 5.56 Å². The molecule has 4 nitrogen and oxygen atoms in total. The molecular formula is C16H27NO3. The molecule has 3 N–H and O–H groups in total. The average Bonchev–Trinajstić information content (AvgIpc) is 2.46. The molecule has 1 rings (SSSR count). The van der Waals surface area contributed by atoms with Gasteiger partial charge in [0, 0.05) is 13.2 Å². The van der Waals surface area contributed by atoms with Gasteiger partial charge in [-0.25, -0.2) is 0 Å². The maximum Gasteiger partial charge on any atom is 0.0914 e. The molecule has 0 bridgehead atoms. The molecule has 0 amide bonds. The molecule has 20 heavy (non-hydrogen) atoms. The number of hydrogen-bond acceptors (Lipinski definition) is 4. The first-order chi connectivity index (χ1) is 9.65. The molecule has 1 unspecified atom stereocenters. The lowest BCUT2D eigenvalue weighted by Gasteiger charge is -2.13. The van der Waals surface area contributed by atoms with Crippen molar-refractivity contribution >= 4 is 0 Å². The summed E-state index contributed by atoms with van der Waals surface area (Å²) in [5.41, 5.74) is 2.23. The molecule has 0 spiro atoms. The number of aliphatic hydroxyl groups excluding tert-OH is 2. The third-order valence-electron chi connectivity index (χ3n) is 3.20. The summed E-state index contributed by atoms with van der Waals surface area (Å²) in [6.45, 7) is 6.75. The number of aliphatic hydroxyl groups is 2. The third kappa shape index (κ3) is 6.48. The highest BCUT2D eigenvalue weighted by atomic mass is 16.5. The van der Waals surface area contributed by atoms with Gasteiger partial charge in [0.1, 0.15) is 0 Å². The molecule has 1 aromatic rings. The van der Waals surface area contributed by atoms with E-state index in [1.54, 1.807) is 0 Å². The van der Waals surface area contributed by atoms with E-state index in [-0.39, 0.29) is 6.61 Å². The van der Waals surface area contributed by atoms with E-state index in [4.69, 9.17) is 9.84 Å². The van der Waals surface area contributed by atoms with E-state index in [1.807, 2.05) is 12.1 Å². The van der Waals surface area contributed by atoms with Crippen molar-refractivity contribution in [3.05, 3.63) is 35.4 Å². The number of rotatable bonds is 10. The Balaban J connectivity index is 2.20. The van der Waals surface area contributed by atoms with Gasteiger partial charge in [0.15, 0.2) is 0 Å². The topological polar surface area (TPSA) is 61.7 Å². The lowest BCUT2D eigenvalue weighted by atomic mass is 10.00. The minimum absolute atomic E-state index is 0.0680. The fourth-order valence-electron chi connectivity index (χ4n) is 1.93. The molecule has 0 aliphatic carbocycles. The average molecular weight is 281 g/mol. The Hall–Kier alpha value is -0.940. The van der Waals surface area contributed by atoms with Crippen molar-refractivity contribution < 1.29 is 14.9 Å². The Labute approximate surface area is 121 Å². The fourth-order valence-corrected chi connectivity index (χ4v) is 1.93. The first-order valence-corrected chi connectivity index (χ1v) is 7.32. The van der Waals surface area contributed by atoms with Crippen molar-refractivity contribution in [2.75, 3.05) is 32.9 Å². The number of ether oxygens (including phenoxy) is 1. The molecular weight excluding hydrogens is 254 g/mol. The normalized spacial score (nSPS) is 12.8. The lowest BCUT2D eigenvalue weighted by molar-refractivity contribution is 0.0899. The van der Waals surface area contributed by atoms with Crippen LogP contribution in [0, 0.1) is 0 Å². The quantitative estimate of drug-likeness (QED) is 0.573. The zero-order valence-corrected chi connectivity index (χ0v) is 12.5. The summed E-state index contributed by atoms with van der Waals surface area (Å²) in [5.74, 6) is 0.512. The highest BCUT2D eigenvalue weighted by Gasteiger charge is 2.07. The van der Waals surface area contributed by atoms with Gasteiger partial charge in [-0.05, 0) is 30.0 Å². The van der Waals surface area contributed by atoms with Crippen LogP contribution in [0.5, 0.6) is 0 Å². The van der Waals surface area contributed by atoms with E-state index in [2.05, 4.69) is 31.3 Å². The van der Waals surface area contributed by atoms with E-state index in [0.717, 1.165) is 18.5 Å². The fraction of sp³-hybridized carbons (Fsp3) is 0.625. The SMILES string of the molecule is CC(C)c1ccc(C(O)CNCCCOCCO)cc1. The van der Waals surface area contributed by atoms with Crippen LogP contribution in [-0.2, 0) is 4.74 Å². The molecule has 0 saturated heterocycles. The largest absolute Gasteiger partial charge is 0.394 e. The van der Waals surface area contributed by atoms with Crippen LogP contribution in [0.4, 0.5) is 0 Å². The van der Waals surface area contributed by atoms with Gasteiger partial charge in [-0.15, -0.1) is 0 Å². The van der Waals surface area contributed by atoms with Crippen LogP contribution in [0.1, 0.15) is 43.4 Å². The summed E-state index contributed by atoms with van der Waals surface area (Å²) in [6.07, 6.45) is 0.397. The molecule has 0 heterocycles. The third-order valence-corrected chi connectivity index (χ3v) is 3.20. The van der Waals surface area contributed by atoms with Crippen molar-refractivity contribution in [3.8, 4) is 0 Å². The van der Waals surface area contributed by atoms with Crippen LogP contribution < -0.4 is 5.32 Å². The van der Waals surface area contributed by atoms with Crippen LogP contribution >= 0.6 is 0 Å². The highest BCUT2D eigenvalue weighted by Crippen LogP contribution is 2.18. The highest BCUT2D eigenvalue weighted by molar-refractivity contribution is 5.26. The Morgan fingerprint density at radius 2 is 1.75 bits per heavy atom. The van der Waals surface area contributed by atoms with Gasteiger partial charge < -0.3 is 20.3 Å². The summed E-state index contributed by atoms with van der Waals surface area (Å²) < 4.78 is 5.16. The Morgan fingerprint density at radius 1 is 1.10 bits per heavy atom. The van der Waals surface area contributed by atoms with Crippen molar-refractivity contribution in [3.63, 3.8) is 0 Å². The standard InChI is InChI=1S/C16H27NO3/c1-13(2)14-4-6-15(7-5-14)16(19)12-17-8-3-10-20-11-9-18/h4-7,13,16-19H,3,8-12H2,1-2H3. The van der Waals surface area contributed by atoms with Crippen molar-refractivity contribution in [1.29, 1.82) is 0 Å². The van der Waals surface area contributed by atoms with Crippen molar-refractivity contribution in [1.82, 2.24) is 5.32 Å². The van der Waals surface area contributed by atoms with Gasteiger partial charge >= 0.3 is 0 Å².